The second kappa shape index (κ2) is 8.50. The van der Waals surface area contributed by atoms with E-state index in [1.54, 1.807) is 18.2 Å². The largest absolute Gasteiger partial charge is 0.467 e. The number of urea groups is 1. The van der Waals surface area contributed by atoms with Gasteiger partial charge in [-0.1, -0.05) is 0 Å². The van der Waals surface area contributed by atoms with Crippen molar-refractivity contribution in [2.45, 2.75) is 19.0 Å². The van der Waals surface area contributed by atoms with Crippen LogP contribution < -0.4 is 5.32 Å². The van der Waals surface area contributed by atoms with Crippen LogP contribution in [0, 0.1) is 5.92 Å². The summed E-state index contributed by atoms with van der Waals surface area (Å²) in [7, 11) is 1.78. The zero-order valence-electron chi connectivity index (χ0n) is 14.3. The predicted octanol–water partition coefficient (Wildman–Crippen LogP) is 1.16. The Morgan fingerprint density at radius 2 is 2.21 bits per heavy atom. The molecule has 2 aliphatic heterocycles. The maximum absolute atomic E-state index is 12.4. The molecule has 0 radical (unpaired) electrons. The summed E-state index contributed by atoms with van der Waals surface area (Å²) in [6, 6.07) is 3.92. The van der Waals surface area contributed by atoms with Crippen LogP contribution in [0.1, 0.15) is 12.2 Å². The molecular formula is C17H27N3O4. The van der Waals surface area contributed by atoms with Crippen LogP contribution in [-0.2, 0) is 16.0 Å². The number of amides is 2. The fourth-order valence-corrected chi connectivity index (χ4v) is 3.39. The van der Waals surface area contributed by atoms with Gasteiger partial charge in [0.15, 0.2) is 0 Å². The van der Waals surface area contributed by atoms with Gasteiger partial charge in [-0.2, -0.15) is 0 Å². The van der Waals surface area contributed by atoms with Crippen LogP contribution in [0.15, 0.2) is 22.8 Å². The lowest BCUT2D eigenvalue weighted by Crippen LogP contribution is -2.53. The number of hydrogen-bond acceptors (Lipinski definition) is 5. The SMILES string of the molecule is CN(Cc1ccco1)C(=O)NC[C@@H]([C@H]1CCOC1)N1CCOCC1. The van der Waals surface area contributed by atoms with Gasteiger partial charge in [-0.15, -0.1) is 0 Å². The van der Waals surface area contributed by atoms with Crippen molar-refractivity contribution < 1.29 is 18.7 Å². The molecule has 2 aliphatic rings. The van der Waals surface area contributed by atoms with Gasteiger partial charge in [0, 0.05) is 45.2 Å². The molecule has 0 aromatic carbocycles. The monoisotopic (exact) mass is 337 g/mol. The lowest BCUT2D eigenvalue weighted by molar-refractivity contribution is 0.00189. The molecule has 0 aliphatic carbocycles. The topological polar surface area (TPSA) is 67.2 Å². The van der Waals surface area contributed by atoms with E-state index in [2.05, 4.69) is 10.2 Å². The van der Waals surface area contributed by atoms with E-state index in [0.29, 0.717) is 25.0 Å². The van der Waals surface area contributed by atoms with E-state index in [1.807, 2.05) is 12.1 Å². The molecule has 1 N–H and O–H groups in total. The second-order valence-corrected chi connectivity index (χ2v) is 6.46. The molecule has 0 saturated carbocycles. The van der Waals surface area contributed by atoms with E-state index in [9.17, 15) is 4.79 Å². The Labute approximate surface area is 142 Å². The molecule has 0 spiro atoms. The first kappa shape index (κ1) is 17.3. The molecule has 0 bridgehead atoms. The van der Waals surface area contributed by atoms with Crippen molar-refractivity contribution in [3.8, 4) is 0 Å². The Morgan fingerprint density at radius 3 is 2.88 bits per heavy atom. The first-order valence-corrected chi connectivity index (χ1v) is 8.65. The Kier molecular flexibility index (Phi) is 6.12. The van der Waals surface area contributed by atoms with Gasteiger partial charge >= 0.3 is 6.03 Å². The quantitative estimate of drug-likeness (QED) is 0.844. The van der Waals surface area contributed by atoms with Crippen LogP contribution in [0.4, 0.5) is 4.79 Å². The molecule has 2 amide bonds. The summed E-state index contributed by atoms with van der Waals surface area (Å²) in [4.78, 5) is 16.4. The van der Waals surface area contributed by atoms with Crippen LogP contribution in [-0.4, -0.2) is 75.0 Å². The van der Waals surface area contributed by atoms with E-state index in [0.717, 1.165) is 51.7 Å². The summed E-state index contributed by atoms with van der Waals surface area (Å²) in [5, 5.41) is 3.08. The number of carbonyl (C=O) groups excluding carboxylic acids is 1. The lowest BCUT2D eigenvalue weighted by atomic mass is 9.97. The first-order valence-electron chi connectivity index (χ1n) is 8.65. The second-order valence-electron chi connectivity index (χ2n) is 6.46. The van der Waals surface area contributed by atoms with Crippen molar-refractivity contribution in [2.75, 3.05) is 53.1 Å². The Bertz CT molecular complexity index is 496. The van der Waals surface area contributed by atoms with E-state index in [4.69, 9.17) is 13.9 Å². The number of nitrogens with one attached hydrogen (secondary N) is 1. The third kappa shape index (κ3) is 4.49. The molecule has 24 heavy (non-hydrogen) atoms. The molecule has 0 unspecified atom stereocenters. The summed E-state index contributed by atoms with van der Waals surface area (Å²) >= 11 is 0. The highest BCUT2D eigenvalue weighted by molar-refractivity contribution is 5.73. The van der Waals surface area contributed by atoms with Crippen molar-refractivity contribution >= 4 is 6.03 Å². The van der Waals surface area contributed by atoms with E-state index >= 15 is 0 Å². The Balaban J connectivity index is 1.52. The van der Waals surface area contributed by atoms with Gasteiger partial charge in [-0.3, -0.25) is 4.90 Å². The maximum atomic E-state index is 12.4. The predicted molar refractivity (Wildman–Crippen MR) is 88.7 cm³/mol. The first-order chi connectivity index (χ1) is 11.7. The highest BCUT2D eigenvalue weighted by Gasteiger charge is 2.32. The molecule has 3 rings (SSSR count). The van der Waals surface area contributed by atoms with Gasteiger partial charge in [0.05, 0.1) is 32.6 Å². The minimum absolute atomic E-state index is 0.0800. The number of carbonyl (C=O) groups is 1. The third-order valence-electron chi connectivity index (χ3n) is 4.81. The lowest BCUT2D eigenvalue weighted by Gasteiger charge is -2.37. The summed E-state index contributed by atoms with van der Waals surface area (Å²) in [5.41, 5.74) is 0. The highest BCUT2D eigenvalue weighted by Crippen LogP contribution is 2.22. The smallest absolute Gasteiger partial charge is 0.317 e. The average Bonchev–Trinajstić information content (AvgIpc) is 3.30. The van der Waals surface area contributed by atoms with Crippen LogP contribution >= 0.6 is 0 Å². The highest BCUT2D eigenvalue weighted by atomic mass is 16.5. The van der Waals surface area contributed by atoms with Gasteiger partial charge in [0.1, 0.15) is 5.76 Å². The molecule has 2 saturated heterocycles. The molecule has 2 atom stereocenters. The minimum Gasteiger partial charge on any atom is -0.467 e. The van der Waals surface area contributed by atoms with Crippen molar-refractivity contribution in [2.24, 2.45) is 5.92 Å². The van der Waals surface area contributed by atoms with Gasteiger partial charge < -0.3 is 24.1 Å². The minimum atomic E-state index is -0.0800. The summed E-state index contributed by atoms with van der Waals surface area (Å²) in [5.74, 6) is 1.25. The van der Waals surface area contributed by atoms with Crippen LogP contribution in [0.5, 0.6) is 0 Å². The molecule has 3 heterocycles. The van der Waals surface area contributed by atoms with Crippen LogP contribution in [0.2, 0.25) is 0 Å². The average molecular weight is 337 g/mol. The number of nitrogens with zero attached hydrogens (tertiary/aromatic N) is 2. The van der Waals surface area contributed by atoms with Gasteiger partial charge in [0.25, 0.3) is 0 Å². The molecular weight excluding hydrogens is 310 g/mol. The molecule has 1 aromatic heterocycles. The third-order valence-corrected chi connectivity index (χ3v) is 4.81. The van der Waals surface area contributed by atoms with Gasteiger partial charge in [0.2, 0.25) is 0 Å². The molecule has 1 aromatic rings. The zero-order chi connectivity index (χ0) is 16.8. The Hall–Kier alpha value is -1.57. The molecule has 7 nitrogen and oxygen atoms in total. The van der Waals surface area contributed by atoms with Crippen LogP contribution in [0.25, 0.3) is 0 Å². The van der Waals surface area contributed by atoms with Crippen molar-refractivity contribution in [1.82, 2.24) is 15.1 Å². The van der Waals surface area contributed by atoms with E-state index in [-0.39, 0.29) is 6.03 Å². The fraction of sp³-hybridized carbons (Fsp3) is 0.706. The molecule has 7 heteroatoms. The number of hydrogen-bond donors (Lipinski definition) is 1. The maximum Gasteiger partial charge on any atom is 0.317 e. The molecule has 134 valence electrons. The summed E-state index contributed by atoms with van der Waals surface area (Å²) < 4.78 is 16.3. The van der Waals surface area contributed by atoms with Gasteiger partial charge in [-0.05, 0) is 18.6 Å². The van der Waals surface area contributed by atoms with Crippen molar-refractivity contribution in [1.29, 1.82) is 0 Å². The van der Waals surface area contributed by atoms with Crippen LogP contribution in [0.3, 0.4) is 0 Å². The van der Waals surface area contributed by atoms with Crippen molar-refractivity contribution in [3.05, 3.63) is 24.2 Å². The van der Waals surface area contributed by atoms with E-state index in [1.165, 1.54) is 0 Å². The summed E-state index contributed by atoms with van der Waals surface area (Å²) in [6.45, 7) is 6.05. The Morgan fingerprint density at radius 1 is 1.38 bits per heavy atom. The van der Waals surface area contributed by atoms with Gasteiger partial charge in [-0.25, -0.2) is 4.79 Å². The number of ether oxygens (including phenoxy) is 2. The zero-order valence-corrected chi connectivity index (χ0v) is 14.3. The van der Waals surface area contributed by atoms with E-state index < -0.39 is 0 Å². The van der Waals surface area contributed by atoms with Crippen molar-refractivity contribution in [3.63, 3.8) is 0 Å². The standard InChI is InChI=1S/C17H27N3O4/c1-19(12-15-3-2-7-24-15)17(21)18-11-16(14-4-8-23-13-14)20-5-9-22-10-6-20/h2-3,7,14,16H,4-6,8-13H2,1H3,(H,18,21)/t14-,16-/m0/s1. The fourth-order valence-electron chi connectivity index (χ4n) is 3.39. The number of morpholine rings is 1. The number of furan rings is 1. The molecule has 2 fully saturated rings. The summed E-state index contributed by atoms with van der Waals surface area (Å²) in [6.07, 6.45) is 2.68. The normalized spacial score (nSPS) is 23.1. The number of rotatable bonds is 6.